The molecule has 4 nitrogen and oxygen atoms in total. The van der Waals surface area contributed by atoms with Gasteiger partial charge in [-0.05, 0) is 13.3 Å². The highest BCUT2D eigenvalue weighted by molar-refractivity contribution is 5.79. The normalized spacial score (nSPS) is 22.5. The van der Waals surface area contributed by atoms with E-state index in [9.17, 15) is 9.59 Å². The fourth-order valence-corrected chi connectivity index (χ4v) is 1.23. The van der Waals surface area contributed by atoms with Crippen LogP contribution in [0, 0.1) is 0 Å². The van der Waals surface area contributed by atoms with Gasteiger partial charge in [-0.2, -0.15) is 0 Å². The lowest BCUT2D eigenvalue weighted by Crippen LogP contribution is -2.26. The zero-order valence-corrected chi connectivity index (χ0v) is 8.08. The molecule has 1 saturated heterocycles. The minimum Gasteiger partial charge on any atom is -0.300 e. The SMILES string of the molecule is CCC1CC(=O)N(CCC(C)=O)O1. The molecule has 1 aliphatic heterocycles. The third kappa shape index (κ3) is 2.81. The van der Waals surface area contributed by atoms with Gasteiger partial charge < -0.3 is 0 Å². The van der Waals surface area contributed by atoms with E-state index in [2.05, 4.69) is 0 Å². The zero-order valence-electron chi connectivity index (χ0n) is 8.08. The van der Waals surface area contributed by atoms with E-state index in [-0.39, 0.29) is 17.8 Å². The molecule has 0 aromatic heterocycles. The van der Waals surface area contributed by atoms with Crippen molar-refractivity contribution in [1.82, 2.24) is 5.06 Å². The van der Waals surface area contributed by atoms with Crippen molar-refractivity contribution >= 4 is 11.7 Å². The van der Waals surface area contributed by atoms with E-state index in [4.69, 9.17) is 4.84 Å². The summed E-state index contributed by atoms with van der Waals surface area (Å²) in [4.78, 5) is 27.2. The van der Waals surface area contributed by atoms with Crippen molar-refractivity contribution in [1.29, 1.82) is 0 Å². The smallest absolute Gasteiger partial charge is 0.248 e. The highest BCUT2D eigenvalue weighted by Gasteiger charge is 2.29. The third-order valence-electron chi connectivity index (χ3n) is 2.08. The summed E-state index contributed by atoms with van der Waals surface area (Å²) in [6.07, 6.45) is 1.68. The van der Waals surface area contributed by atoms with Crippen molar-refractivity contribution in [2.45, 2.75) is 39.2 Å². The van der Waals surface area contributed by atoms with Gasteiger partial charge in [-0.25, -0.2) is 5.06 Å². The van der Waals surface area contributed by atoms with Crippen molar-refractivity contribution in [3.63, 3.8) is 0 Å². The first-order valence-corrected chi connectivity index (χ1v) is 4.60. The highest BCUT2D eigenvalue weighted by Crippen LogP contribution is 2.17. The van der Waals surface area contributed by atoms with Gasteiger partial charge in [0.15, 0.2) is 0 Å². The number of ketones is 1. The molecular formula is C9H15NO3. The molecule has 1 fully saturated rings. The van der Waals surface area contributed by atoms with Crippen LogP contribution in [0.15, 0.2) is 0 Å². The highest BCUT2D eigenvalue weighted by atomic mass is 16.7. The molecular weight excluding hydrogens is 170 g/mol. The van der Waals surface area contributed by atoms with Gasteiger partial charge in [0.05, 0.1) is 19.1 Å². The van der Waals surface area contributed by atoms with Crippen LogP contribution in [0.3, 0.4) is 0 Å². The van der Waals surface area contributed by atoms with E-state index in [1.54, 1.807) is 0 Å². The first kappa shape index (κ1) is 10.2. The molecule has 4 heteroatoms. The first-order valence-electron chi connectivity index (χ1n) is 4.60. The third-order valence-corrected chi connectivity index (χ3v) is 2.08. The van der Waals surface area contributed by atoms with Gasteiger partial charge >= 0.3 is 0 Å². The monoisotopic (exact) mass is 185 g/mol. The van der Waals surface area contributed by atoms with Crippen molar-refractivity contribution in [3.8, 4) is 0 Å². The summed E-state index contributed by atoms with van der Waals surface area (Å²) < 4.78 is 0. The molecule has 13 heavy (non-hydrogen) atoms. The second-order valence-corrected chi connectivity index (χ2v) is 3.29. The molecule has 0 spiro atoms. The van der Waals surface area contributed by atoms with Crippen LogP contribution >= 0.6 is 0 Å². The van der Waals surface area contributed by atoms with Crippen LogP contribution in [0.4, 0.5) is 0 Å². The Morgan fingerprint density at radius 1 is 1.69 bits per heavy atom. The molecule has 0 N–H and O–H groups in total. The van der Waals surface area contributed by atoms with Crippen molar-refractivity contribution in [2.75, 3.05) is 6.54 Å². The maximum atomic E-state index is 11.2. The number of rotatable bonds is 4. The molecule has 1 unspecified atom stereocenters. The molecule has 0 radical (unpaired) electrons. The Labute approximate surface area is 77.8 Å². The summed E-state index contributed by atoms with van der Waals surface area (Å²) in [5.74, 6) is 0.0736. The van der Waals surface area contributed by atoms with E-state index in [1.165, 1.54) is 12.0 Å². The van der Waals surface area contributed by atoms with E-state index in [0.29, 0.717) is 19.4 Å². The number of hydroxylamine groups is 2. The summed E-state index contributed by atoms with van der Waals surface area (Å²) in [7, 11) is 0. The van der Waals surface area contributed by atoms with Crippen molar-refractivity contribution < 1.29 is 14.4 Å². The Kier molecular flexibility index (Phi) is 3.42. The quantitative estimate of drug-likeness (QED) is 0.654. The number of carbonyl (C=O) groups is 2. The van der Waals surface area contributed by atoms with Gasteiger partial charge in [-0.1, -0.05) is 6.92 Å². The average Bonchev–Trinajstić information content (AvgIpc) is 2.43. The van der Waals surface area contributed by atoms with Gasteiger partial charge in [-0.15, -0.1) is 0 Å². The molecule has 0 aliphatic carbocycles. The Bertz CT molecular complexity index is 215. The summed E-state index contributed by atoms with van der Waals surface area (Å²) in [6.45, 7) is 3.88. The van der Waals surface area contributed by atoms with Crippen LogP contribution in [0.2, 0.25) is 0 Å². The van der Waals surface area contributed by atoms with E-state index >= 15 is 0 Å². The summed E-state index contributed by atoms with van der Waals surface area (Å²) in [5, 5.41) is 1.32. The zero-order chi connectivity index (χ0) is 9.84. The van der Waals surface area contributed by atoms with Gasteiger partial charge in [-0.3, -0.25) is 14.4 Å². The van der Waals surface area contributed by atoms with Crippen LogP contribution in [-0.4, -0.2) is 29.4 Å². The van der Waals surface area contributed by atoms with Crippen LogP contribution in [0.5, 0.6) is 0 Å². The van der Waals surface area contributed by atoms with E-state index < -0.39 is 0 Å². The molecule has 1 heterocycles. The maximum absolute atomic E-state index is 11.2. The standard InChI is InChI=1S/C9H15NO3/c1-3-8-6-9(12)10(13-8)5-4-7(2)11/h8H,3-6H2,1-2H3. The van der Waals surface area contributed by atoms with E-state index in [0.717, 1.165) is 6.42 Å². The molecule has 1 atom stereocenters. The molecule has 0 saturated carbocycles. The number of amides is 1. The van der Waals surface area contributed by atoms with Crippen LogP contribution in [0.1, 0.15) is 33.1 Å². The fourth-order valence-electron chi connectivity index (χ4n) is 1.23. The predicted octanol–water partition coefficient (Wildman–Crippen LogP) is 0.908. The Balaban J connectivity index is 2.35. The number of nitrogens with zero attached hydrogens (tertiary/aromatic N) is 1. The molecule has 74 valence electrons. The summed E-state index contributed by atoms with van der Waals surface area (Å²) in [5.41, 5.74) is 0. The van der Waals surface area contributed by atoms with Crippen molar-refractivity contribution in [3.05, 3.63) is 0 Å². The fraction of sp³-hybridized carbons (Fsp3) is 0.778. The Morgan fingerprint density at radius 2 is 2.38 bits per heavy atom. The maximum Gasteiger partial charge on any atom is 0.248 e. The second kappa shape index (κ2) is 4.37. The topological polar surface area (TPSA) is 46.6 Å². The number of carbonyl (C=O) groups excluding carboxylic acids is 2. The molecule has 0 aromatic carbocycles. The number of hydrogen-bond acceptors (Lipinski definition) is 3. The number of Topliss-reactive ketones (excluding diaryl/α,β-unsaturated/α-hetero) is 1. The molecule has 0 bridgehead atoms. The summed E-state index contributed by atoms with van der Waals surface area (Å²) in [6, 6.07) is 0. The Morgan fingerprint density at radius 3 is 2.85 bits per heavy atom. The first-order chi connectivity index (χ1) is 6.13. The minimum atomic E-state index is -0.00639. The largest absolute Gasteiger partial charge is 0.300 e. The minimum absolute atomic E-state index is 0.00639. The van der Waals surface area contributed by atoms with Crippen LogP contribution in [0.25, 0.3) is 0 Å². The van der Waals surface area contributed by atoms with E-state index in [1.807, 2.05) is 6.92 Å². The predicted molar refractivity (Wildman–Crippen MR) is 46.8 cm³/mol. The van der Waals surface area contributed by atoms with Gasteiger partial charge in [0.1, 0.15) is 5.78 Å². The molecule has 1 rings (SSSR count). The van der Waals surface area contributed by atoms with Gasteiger partial charge in [0.25, 0.3) is 0 Å². The summed E-state index contributed by atoms with van der Waals surface area (Å²) >= 11 is 0. The van der Waals surface area contributed by atoms with Crippen molar-refractivity contribution in [2.24, 2.45) is 0 Å². The van der Waals surface area contributed by atoms with Crippen LogP contribution < -0.4 is 0 Å². The molecule has 0 aromatic rings. The second-order valence-electron chi connectivity index (χ2n) is 3.29. The van der Waals surface area contributed by atoms with Gasteiger partial charge in [0.2, 0.25) is 5.91 Å². The molecule has 1 aliphatic rings. The lowest BCUT2D eigenvalue weighted by atomic mass is 10.2. The lowest BCUT2D eigenvalue weighted by Gasteiger charge is -2.14. The number of hydrogen-bond donors (Lipinski definition) is 0. The Hall–Kier alpha value is -0.900. The molecule has 1 amide bonds. The lowest BCUT2D eigenvalue weighted by molar-refractivity contribution is -0.173. The van der Waals surface area contributed by atoms with Crippen LogP contribution in [-0.2, 0) is 14.4 Å². The van der Waals surface area contributed by atoms with Gasteiger partial charge in [0, 0.05) is 6.42 Å². The average molecular weight is 185 g/mol.